The molecule has 0 saturated heterocycles. The average Bonchev–Trinajstić information content (AvgIpc) is 2.81. The largest absolute Gasteiger partial charge is 0.494 e. The van der Waals surface area contributed by atoms with Gasteiger partial charge in [0.25, 0.3) is 5.91 Å². The lowest BCUT2D eigenvalue weighted by molar-refractivity contribution is 0.0469. The number of benzene rings is 2. The zero-order valence-electron chi connectivity index (χ0n) is 18.3. The molecule has 0 atom stereocenters. The first-order chi connectivity index (χ1) is 15.5. The van der Waals surface area contributed by atoms with Gasteiger partial charge >= 0.3 is 5.97 Å². The Bertz CT molecular complexity index is 1130. The van der Waals surface area contributed by atoms with Crippen molar-refractivity contribution >= 4 is 28.5 Å². The van der Waals surface area contributed by atoms with Crippen LogP contribution in [0, 0.1) is 0 Å². The smallest absolute Gasteiger partial charge is 0.374 e. The second-order valence-corrected chi connectivity index (χ2v) is 7.33. The summed E-state index contributed by atoms with van der Waals surface area (Å²) in [5, 5.41) is 3.01. The van der Waals surface area contributed by atoms with Gasteiger partial charge in [0.05, 0.1) is 24.3 Å². The normalized spacial score (nSPS) is 10.7. The summed E-state index contributed by atoms with van der Waals surface area (Å²) in [4.78, 5) is 37.3. The van der Waals surface area contributed by atoms with Crippen LogP contribution < -0.4 is 15.5 Å². The van der Waals surface area contributed by atoms with Crippen molar-refractivity contribution in [2.75, 3.05) is 18.5 Å². The van der Waals surface area contributed by atoms with Crippen molar-refractivity contribution in [3.05, 3.63) is 70.1 Å². The highest BCUT2D eigenvalue weighted by Crippen LogP contribution is 2.24. The molecule has 32 heavy (non-hydrogen) atoms. The predicted molar refractivity (Wildman–Crippen MR) is 122 cm³/mol. The van der Waals surface area contributed by atoms with Crippen molar-refractivity contribution in [3.8, 4) is 5.75 Å². The van der Waals surface area contributed by atoms with Crippen molar-refractivity contribution in [1.29, 1.82) is 0 Å². The Kier molecular flexibility index (Phi) is 8.02. The molecule has 3 rings (SSSR count). The number of nitrogens with one attached hydrogen (secondary N) is 1. The van der Waals surface area contributed by atoms with Gasteiger partial charge < -0.3 is 19.2 Å². The van der Waals surface area contributed by atoms with E-state index in [1.165, 1.54) is 0 Å². The van der Waals surface area contributed by atoms with E-state index in [2.05, 4.69) is 12.2 Å². The highest BCUT2D eigenvalue weighted by atomic mass is 16.5. The summed E-state index contributed by atoms with van der Waals surface area (Å²) in [6, 6.07) is 12.7. The van der Waals surface area contributed by atoms with Crippen molar-refractivity contribution in [1.82, 2.24) is 0 Å². The Morgan fingerprint density at radius 1 is 0.969 bits per heavy atom. The van der Waals surface area contributed by atoms with Gasteiger partial charge in [-0.05, 0) is 49.2 Å². The fraction of sp³-hybridized carbons (Fsp3) is 0.320. The SMILES string of the molecule is CCCCCOc1ccc(C(=O)Nc2cccc3c(=O)cc(C(=O)OCCC)oc23)cc1. The number of ether oxygens (including phenoxy) is 2. The minimum Gasteiger partial charge on any atom is -0.494 e. The van der Waals surface area contributed by atoms with Crippen LogP contribution in [0.2, 0.25) is 0 Å². The van der Waals surface area contributed by atoms with Gasteiger partial charge in [0.1, 0.15) is 5.75 Å². The number of carbonyl (C=O) groups is 2. The quantitative estimate of drug-likeness (QED) is 0.347. The number of fused-ring (bicyclic) bond motifs is 1. The van der Waals surface area contributed by atoms with Crippen LogP contribution in [-0.4, -0.2) is 25.1 Å². The topological polar surface area (TPSA) is 94.8 Å². The minimum absolute atomic E-state index is 0.118. The molecule has 3 aromatic rings. The summed E-state index contributed by atoms with van der Waals surface area (Å²) < 4.78 is 16.4. The van der Waals surface area contributed by atoms with E-state index in [9.17, 15) is 14.4 Å². The van der Waals surface area contributed by atoms with Crippen LogP contribution >= 0.6 is 0 Å². The van der Waals surface area contributed by atoms with Crippen molar-refractivity contribution < 1.29 is 23.5 Å². The van der Waals surface area contributed by atoms with Crippen molar-refractivity contribution in [3.63, 3.8) is 0 Å². The fourth-order valence-electron chi connectivity index (χ4n) is 3.08. The third kappa shape index (κ3) is 5.75. The number of rotatable bonds is 10. The molecule has 1 N–H and O–H groups in total. The molecule has 0 unspecified atom stereocenters. The first-order valence-electron chi connectivity index (χ1n) is 10.8. The molecule has 7 heteroatoms. The van der Waals surface area contributed by atoms with Gasteiger partial charge in [0, 0.05) is 11.6 Å². The molecule has 1 amide bonds. The van der Waals surface area contributed by atoms with Crippen molar-refractivity contribution in [2.24, 2.45) is 0 Å². The van der Waals surface area contributed by atoms with E-state index in [0.29, 0.717) is 24.3 Å². The van der Waals surface area contributed by atoms with Gasteiger partial charge in [0.15, 0.2) is 11.0 Å². The first-order valence-corrected chi connectivity index (χ1v) is 10.8. The van der Waals surface area contributed by atoms with Crippen LogP contribution in [0.25, 0.3) is 11.0 Å². The number of amides is 1. The first kappa shape index (κ1) is 23.1. The Hall–Kier alpha value is -3.61. The van der Waals surface area contributed by atoms with Gasteiger partial charge in [-0.2, -0.15) is 0 Å². The second kappa shape index (κ2) is 11.1. The van der Waals surface area contributed by atoms with E-state index >= 15 is 0 Å². The molecule has 0 spiro atoms. The van der Waals surface area contributed by atoms with E-state index in [0.717, 1.165) is 25.3 Å². The average molecular weight is 437 g/mol. The summed E-state index contributed by atoms with van der Waals surface area (Å²) in [5.74, 6) is -0.607. The predicted octanol–water partition coefficient (Wildman–Crippen LogP) is 5.18. The minimum atomic E-state index is -0.721. The van der Waals surface area contributed by atoms with Gasteiger partial charge in [-0.15, -0.1) is 0 Å². The van der Waals surface area contributed by atoms with Crippen LogP contribution in [0.15, 0.2) is 57.7 Å². The molecule has 0 aliphatic carbocycles. The summed E-state index contributed by atoms with van der Waals surface area (Å²) in [6.07, 6.45) is 3.87. The summed E-state index contributed by atoms with van der Waals surface area (Å²) in [5.41, 5.74) is 0.432. The lowest BCUT2D eigenvalue weighted by atomic mass is 10.1. The molecule has 1 heterocycles. The Morgan fingerprint density at radius 3 is 2.47 bits per heavy atom. The zero-order valence-corrected chi connectivity index (χ0v) is 18.3. The van der Waals surface area contributed by atoms with Crippen LogP contribution in [0.4, 0.5) is 5.69 Å². The van der Waals surface area contributed by atoms with Crippen LogP contribution in [0.3, 0.4) is 0 Å². The van der Waals surface area contributed by atoms with Crippen LogP contribution in [-0.2, 0) is 4.74 Å². The highest BCUT2D eigenvalue weighted by molar-refractivity contribution is 6.08. The molecule has 1 aromatic heterocycles. The highest BCUT2D eigenvalue weighted by Gasteiger charge is 2.17. The number of hydrogen-bond acceptors (Lipinski definition) is 6. The summed E-state index contributed by atoms with van der Waals surface area (Å²) >= 11 is 0. The number of unbranched alkanes of at least 4 members (excludes halogenated alkanes) is 2. The maximum Gasteiger partial charge on any atom is 0.374 e. The molecule has 0 fully saturated rings. The van der Waals surface area contributed by atoms with E-state index in [4.69, 9.17) is 13.9 Å². The van der Waals surface area contributed by atoms with E-state index in [1.807, 2.05) is 6.92 Å². The van der Waals surface area contributed by atoms with Crippen LogP contribution in [0.1, 0.15) is 60.4 Å². The van der Waals surface area contributed by atoms with E-state index in [1.54, 1.807) is 42.5 Å². The Morgan fingerprint density at radius 2 is 1.75 bits per heavy atom. The molecular formula is C25H27NO6. The van der Waals surface area contributed by atoms with Gasteiger partial charge in [-0.3, -0.25) is 9.59 Å². The standard InChI is InChI=1S/C25H27NO6/c1-3-5-6-15-30-18-12-10-17(11-13-18)24(28)26-20-9-7-8-19-21(27)16-22(32-23(19)20)25(29)31-14-4-2/h7-13,16H,3-6,14-15H2,1-2H3,(H,26,28). The van der Waals surface area contributed by atoms with E-state index in [-0.39, 0.29) is 34.9 Å². The lowest BCUT2D eigenvalue weighted by Crippen LogP contribution is -2.14. The Labute approximate surface area is 186 Å². The summed E-state index contributed by atoms with van der Waals surface area (Å²) in [6.45, 7) is 4.85. The third-order valence-corrected chi connectivity index (χ3v) is 4.77. The summed E-state index contributed by atoms with van der Waals surface area (Å²) in [7, 11) is 0. The number of anilines is 1. The van der Waals surface area contributed by atoms with Gasteiger partial charge in [0.2, 0.25) is 5.76 Å². The maximum atomic E-state index is 12.8. The molecule has 0 radical (unpaired) electrons. The second-order valence-electron chi connectivity index (χ2n) is 7.33. The molecule has 168 valence electrons. The lowest BCUT2D eigenvalue weighted by Gasteiger charge is -2.10. The Balaban J connectivity index is 1.79. The number of esters is 1. The van der Waals surface area contributed by atoms with Gasteiger partial charge in [-0.25, -0.2) is 4.79 Å². The van der Waals surface area contributed by atoms with Gasteiger partial charge in [-0.1, -0.05) is 32.8 Å². The third-order valence-electron chi connectivity index (χ3n) is 4.77. The zero-order chi connectivity index (χ0) is 22.9. The monoisotopic (exact) mass is 437 g/mol. The molecule has 2 aromatic carbocycles. The van der Waals surface area contributed by atoms with Crippen molar-refractivity contribution in [2.45, 2.75) is 39.5 Å². The number of hydrogen-bond donors (Lipinski definition) is 1. The molecule has 0 bridgehead atoms. The molecular weight excluding hydrogens is 410 g/mol. The fourth-order valence-corrected chi connectivity index (χ4v) is 3.08. The molecule has 7 nitrogen and oxygen atoms in total. The maximum absolute atomic E-state index is 12.8. The van der Waals surface area contributed by atoms with E-state index < -0.39 is 11.4 Å². The number of para-hydroxylation sites is 1. The number of carbonyl (C=O) groups excluding carboxylic acids is 2. The molecule has 0 saturated carbocycles. The molecule has 0 aliphatic rings. The molecule has 0 aliphatic heterocycles. The van der Waals surface area contributed by atoms with Crippen LogP contribution in [0.5, 0.6) is 5.75 Å².